The summed E-state index contributed by atoms with van der Waals surface area (Å²) in [5, 5.41) is 89.6. The molecule has 0 spiro atoms. The topological polar surface area (TPSA) is 274 Å². The highest BCUT2D eigenvalue weighted by atomic mass is 16.7. The van der Waals surface area contributed by atoms with Gasteiger partial charge in [-0.25, -0.2) is 9.59 Å². The van der Waals surface area contributed by atoms with Crippen molar-refractivity contribution in [3.8, 4) is 51.6 Å². The van der Waals surface area contributed by atoms with E-state index in [-0.39, 0.29) is 16.7 Å². The molecule has 0 aliphatic carbocycles. The maximum absolute atomic E-state index is 13.7. The zero-order valence-electron chi connectivity index (χ0n) is 23.0. The van der Waals surface area contributed by atoms with E-state index in [4.69, 9.17) is 18.6 Å². The molecule has 0 radical (unpaired) electrons. The summed E-state index contributed by atoms with van der Waals surface area (Å²) in [5.74, 6) is -7.68. The molecule has 1 aliphatic rings. The van der Waals surface area contributed by atoms with Crippen molar-refractivity contribution in [3.05, 3.63) is 70.4 Å². The number of esters is 1. The molecule has 1 saturated heterocycles. The molecule has 0 saturated carbocycles. The number of fused-ring (bicyclic) bond motifs is 1. The van der Waals surface area contributed by atoms with Crippen molar-refractivity contribution in [3.63, 3.8) is 0 Å². The number of benzene rings is 3. The number of phenolic OH excluding ortho intramolecular Hbond substituents is 6. The Labute approximate surface area is 256 Å². The number of carboxylic acid groups (broad SMARTS) is 1. The predicted octanol–water partition coefficient (Wildman–Crippen LogP) is 1.23. The number of aliphatic hydroxyl groups excluding tert-OH is 2. The molecule has 0 amide bonds. The lowest BCUT2D eigenvalue weighted by atomic mass is 9.98. The number of hydrogen-bond acceptors (Lipinski definition) is 15. The minimum atomic E-state index is -2.17. The molecule has 1 fully saturated rings. The van der Waals surface area contributed by atoms with Gasteiger partial charge in [-0.3, -0.25) is 4.79 Å². The second-order valence-corrected chi connectivity index (χ2v) is 9.98. The van der Waals surface area contributed by atoms with Gasteiger partial charge in [-0.2, -0.15) is 0 Å². The molecule has 16 heteroatoms. The van der Waals surface area contributed by atoms with Crippen LogP contribution in [0, 0.1) is 0 Å². The maximum atomic E-state index is 13.7. The standard InChI is InChI=1S/C30H24O16/c31-13-9-18(36)21-19(10-13)43-25(12-3-5-15(33)17(35)8-12)26(22(21)38)45-30-28(24(40)23(39)27(46-30)29(41)42)44-20(37)6-2-11-1-4-14(32)16(34)7-11/h1-10,23-24,27-28,30-36,39-40H,(H,41,42). The van der Waals surface area contributed by atoms with Gasteiger partial charge in [0.15, 0.2) is 41.0 Å². The maximum Gasteiger partial charge on any atom is 0.335 e. The van der Waals surface area contributed by atoms with Crippen LogP contribution < -0.4 is 10.2 Å². The number of carbonyl (C=O) groups excluding carboxylic acids is 1. The molecule has 2 heterocycles. The van der Waals surface area contributed by atoms with E-state index in [1.54, 1.807) is 0 Å². The van der Waals surface area contributed by atoms with E-state index in [2.05, 4.69) is 0 Å². The van der Waals surface area contributed by atoms with Gasteiger partial charge >= 0.3 is 11.9 Å². The summed E-state index contributed by atoms with van der Waals surface area (Å²) in [7, 11) is 0. The minimum absolute atomic E-state index is 0.119. The van der Waals surface area contributed by atoms with Crippen LogP contribution in [-0.2, 0) is 19.1 Å². The van der Waals surface area contributed by atoms with Crippen LogP contribution in [0.25, 0.3) is 28.4 Å². The Hall–Kier alpha value is -5.97. The summed E-state index contributed by atoms with van der Waals surface area (Å²) in [4.78, 5) is 38.3. The molecule has 0 bridgehead atoms. The molecule has 1 aromatic heterocycles. The number of aromatic hydroxyl groups is 6. The van der Waals surface area contributed by atoms with Crippen LogP contribution in [0.4, 0.5) is 0 Å². The third-order valence-electron chi connectivity index (χ3n) is 6.84. The highest BCUT2D eigenvalue weighted by molar-refractivity contribution is 5.89. The fourth-order valence-corrected chi connectivity index (χ4v) is 4.59. The first kappa shape index (κ1) is 31.5. The van der Waals surface area contributed by atoms with E-state index in [1.807, 2.05) is 0 Å². The van der Waals surface area contributed by atoms with Crippen LogP contribution in [0.2, 0.25) is 0 Å². The first-order chi connectivity index (χ1) is 21.7. The van der Waals surface area contributed by atoms with Crippen LogP contribution >= 0.6 is 0 Å². The number of phenols is 6. The van der Waals surface area contributed by atoms with Gasteiger partial charge < -0.3 is 64.6 Å². The number of carboxylic acids is 1. The zero-order valence-corrected chi connectivity index (χ0v) is 23.0. The number of carbonyl (C=O) groups is 2. The second-order valence-electron chi connectivity index (χ2n) is 9.98. The van der Waals surface area contributed by atoms with Gasteiger partial charge in [0, 0.05) is 23.8 Å². The van der Waals surface area contributed by atoms with E-state index < -0.39 is 99.5 Å². The average molecular weight is 641 g/mol. The second kappa shape index (κ2) is 12.2. The van der Waals surface area contributed by atoms with E-state index in [9.17, 15) is 60.3 Å². The molecule has 1 aliphatic heterocycles. The molecule has 9 N–H and O–H groups in total. The van der Waals surface area contributed by atoms with Crippen molar-refractivity contribution in [2.45, 2.75) is 30.7 Å². The van der Waals surface area contributed by atoms with Crippen molar-refractivity contribution >= 4 is 29.0 Å². The third kappa shape index (κ3) is 6.03. The number of aliphatic hydroxyl groups is 2. The van der Waals surface area contributed by atoms with Gasteiger partial charge in [-0.1, -0.05) is 6.07 Å². The Kier molecular flexibility index (Phi) is 8.34. The SMILES string of the molecule is O=C(C=Cc1ccc(O)c(O)c1)OC1C(Oc2c(-c3ccc(O)c(O)c3)oc3cc(O)cc(O)c3c2=O)OC(C(=O)O)C(O)C1O. The lowest BCUT2D eigenvalue weighted by Gasteiger charge is -2.40. The lowest BCUT2D eigenvalue weighted by Crippen LogP contribution is -2.62. The van der Waals surface area contributed by atoms with Crippen molar-refractivity contribution in [1.29, 1.82) is 0 Å². The first-order valence-electron chi connectivity index (χ1n) is 13.1. The molecule has 5 rings (SSSR count). The van der Waals surface area contributed by atoms with Crippen molar-refractivity contribution < 1.29 is 74.2 Å². The van der Waals surface area contributed by atoms with Crippen LogP contribution in [0.1, 0.15) is 5.56 Å². The smallest absolute Gasteiger partial charge is 0.335 e. The summed E-state index contributed by atoms with van der Waals surface area (Å²) in [5.41, 5.74) is -1.39. The first-order valence-corrected chi connectivity index (χ1v) is 13.1. The van der Waals surface area contributed by atoms with Gasteiger partial charge in [0.25, 0.3) is 0 Å². The fraction of sp³-hybridized carbons (Fsp3) is 0.167. The van der Waals surface area contributed by atoms with Crippen LogP contribution in [0.3, 0.4) is 0 Å². The molecule has 46 heavy (non-hydrogen) atoms. The summed E-state index contributed by atoms with van der Waals surface area (Å²) in [6, 6.07) is 8.55. The summed E-state index contributed by atoms with van der Waals surface area (Å²) < 4.78 is 22.0. The van der Waals surface area contributed by atoms with Gasteiger partial charge in [0.1, 0.15) is 34.7 Å². The average Bonchev–Trinajstić information content (AvgIpc) is 2.99. The van der Waals surface area contributed by atoms with Gasteiger partial charge in [-0.05, 0) is 42.0 Å². The predicted molar refractivity (Wildman–Crippen MR) is 152 cm³/mol. The van der Waals surface area contributed by atoms with Crippen LogP contribution in [-0.4, -0.2) is 88.6 Å². The van der Waals surface area contributed by atoms with Crippen molar-refractivity contribution in [2.75, 3.05) is 0 Å². The van der Waals surface area contributed by atoms with E-state index in [1.165, 1.54) is 12.1 Å². The Bertz CT molecular complexity index is 1930. The lowest BCUT2D eigenvalue weighted by molar-refractivity contribution is -0.275. The zero-order chi connectivity index (χ0) is 33.4. The molecular weight excluding hydrogens is 616 g/mol. The Morgan fingerprint density at radius 3 is 2.13 bits per heavy atom. The molecule has 3 aromatic carbocycles. The molecule has 240 valence electrons. The monoisotopic (exact) mass is 640 g/mol. The van der Waals surface area contributed by atoms with Gasteiger partial charge in [-0.15, -0.1) is 0 Å². The van der Waals surface area contributed by atoms with E-state index >= 15 is 0 Å². The molecule has 5 unspecified atom stereocenters. The quantitative estimate of drug-likeness (QED) is 0.0780. The highest BCUT2D eigenvalue weighted by Gasteiger charge is 2.51. The largest absolute Gasteiger partial charge is 0.508 e. The molecule has 5 atom stereocenters. The number of aliphatic carboxylic acids is 1. The number of rotatable bonds is 7. The van der Waals surface area contributed by atoms with Crippen molar-refractivity contribution in [1.82, 2.24) is 0 Å². The van der Waals surface area contributed by atoms with Crippen LogP contribution in [0.15, 0.2) is 63.8 Å². The van der Waals surface area contributed by atoms with Crippen LogP contribution in [0.5, 0.6) is 40.2 Å². The molecule has 4 aromatic rings. The fourth-order valence-electron chi connectivity index (χ4n) is 4.59. The third-order valence-corrected chi connectivity index (χ3v) is 6.84. The minimum Gasteiger partial charge on any atom is -0.508 e. The Morgan fingerprint density at radius 1 is 0.804 bits per heavy atom. The van der Waals surface area contributed by atoms with E-state index in [0.29, 0.717) is 0 Å². The summed E-state index contributed by atoms with van der Waals surface area (Å²) >= 11 is 0. The van der Waals surface area contributed by atoms with Gasteiger partial charge in [0.05, 0.1) is 0 Å². The highest BCUT2D eigenvalue weighted by Crippen LogP contribution is 2.39. The summed E-state index contributed by atoms with van der Waals surface area (Å²) in [6.45, 7) is 0. The number of hydrogen-bond donors (Lipinski definition) is 9. The Balaban J connectivity index is 1.58. The molecule has 16 nitrogen and oxygen atoms in total. The summed E-state index contributed by atoms with van der Waals surface area (Å²) in [6.07, 6.45) is -8.68. The molecular formula is C30H24O16. The Morgan fingerprint density at radius 2 is 1.48 bits per heavy atom. The van der Waals surface area contributed by atoms with Gasteiger partial charge in [0.2, 0.25) is 17.5 Å². The number of ether oxygens (including phenoxy) is 3. The van der Waals surface area contributed by atoms with E-state index in [0.717, 1.165) is 48.6 Å². The van der Waals surface area contributed by atoms with Crippen molar-refractivity contribution in [2.24, 2.45) is 0 Å². The normalized spacial score (nSPS) is 21.3.